The van der Waals surface area contributed by atoms with E-state index in [4.69, 9.17) is 0 Å². The molecule has 1 aromatic rings. The van der Waals surface area contributed by atoms with Gasteiger partial charge in [-0.3, -0.25) is 19.7 Å². The SMILES string of the molecule is CNC(C)=O.O=C1NC(=O)c2ccccc21. The lowest BCUT2D eigenvalue weighted by Crippen LogP contribution is -2.19. The van der Waals surface area contributed by atoms with Crippen molar-refractivity contribution in [3.63, 3.8) is 0 Å². The van der Waals surface area contributed by atoms with Crippen molar-refractivity contribution >= 4 is 17.7 Å². The van der Waals surface area contributed by atoms with E-state index in [0.717, 1.165) is 0 Å². The van der Waals surface area contributed by atoms with Crippen LogP contribution in [0.2, 0.25) is 0 Å². The molecule has 0 atom stereocenters. The van der Waals surface area contributed by atoms with Gasteiger partial charge < -0.3 is 5.32 Å². The summed E-state index contributed by atoms with van der Waals surface area (Å²) in [4.78, 5) is 31.6. The van der Waals surface area contributed by atoms with Crippen molar-refractivity contribution in [3.05, 3.63) is 35.4 Å². The molecule has 5 nitrogen and oxygen atoms in total. The third kappa shape index (κ3) is 2.66. The minimum absolute atomic E-state index is 0.00463. The quantitative estimate of drug-likeness (QED) is 0.618. The van der Waals surface area contributed by atoms with Crippen LogP contribution in [0, 0.1) is 0 Å². The molecule has 0 unspecified atom stereocenters. The molecule has 0 spiro atoms. The predicted octanol–water partition coefficient (Wildman–Crippen LogP) is 0.322. The van der Waals surface area contributed by atoms with E-state index in [9.17, 15) is 14.4 Å². The van der Waals surface area contributed by atoms with Gasteiger partial charge in [-0.2, -0.15) is 0 Å². The van der Waals surface area contributed by atoms with Gasteiger partial charge in [0.1, 0.15) is 0 Å². The Bertz CT molecular complexity index is 408. The summed E-state index contributed by atoms with van der Waals surface area (Å²) in [7, 11) is 1.60. The van der Waals surface area contributed by atoms with Crippen molar-refractivity contribution in [1.82, 2.24) is 10.6 Å². The van der Waals surface area contributed by atoms with E-state index in [2.05, 4.69) is 10.6 Å². The summed E-state index contributed by atoms with van der Waals surface area (Å²) in [5.74, 6) is -0.596. The zero-order valence-corrected chi connectivity index (χ0v) is 9.03. The Morgan fingerprint density at radius 3 is 1.81 bits per heavy atom. The molecule has 0 fully saturated rings. The summed E-state index contributed by atoms with van der Waals surface area (Å²) >= 11 is 0. The Morgan fingerprint density at radius 1 is 1.12 bits per heavy atom. The smallest absolute Gasteiger partial charge is 0.258 e. The molecule has 3 amide bonds. The van der Waals surface area contributed by atoms with Crippen LogP contribution in [0.3, 0.4) is 0 Å². The maximum atomic E-state index is 10.9. The van der Waals surface area contributed by atoms with Crippen LogP contribution in [-0.2, 0) is 4.79 Å². The van der Waals surface area contributed by atoms with Gasteiger partial charge >= 0.3 is 0 Å². The highest BCUT2D eigenvalue weighted by molar-refractivity contribution is 6.21. The number of hydrogen-bond acceptors (Lipinski definition) is 3. The Kier molecular flexibility index (Phi) is 3.77. The van der Waals surface area contributed by atoms with E-state index in [0.29, 0.717) is 11.1 Å². The summed E-state index contributed by atoms with van der Waals surface area (Å²) in [5, 5.41) is 4.59. The number of nitrogens with one attached hydrogen (secondary N) is 2. The molecule has 0 saturated heterocycles. The second kappa shape index (κ2) is 5.06. The number of rotatable bonds is 0. The first kappa shape index (κ1) is 11.9. The lowest BCUT2D eigenvalue weighted by molar-refractivity contribution is -0.118. The van der Waals surface area contributed by atoms with Crippen molar-refractivity contribution < 1.29 is 14.4 Å². The monoisotopic (exact) mass is 220 g/mol. The summed E-state index contributed by atoms with van der Waals surface area (Å²) in [6.07, 6.45) is 0. The fourth-order valence-corrected chi connectivity index (χ4v) is 1.12. The first-order chi connectivity index (χ1) is 7.56. The number of fused-ring (bicyclic) bond motifs is 1. The largest absolute Gasteiger partial charge is 0.359 e. The van der Waals surface area contributed by atoms with Crippen LogP contribution in [0.4, 0.5) is 0 Å². The van der Waals surface area contributed by atoms with Crippen LogP contribution in [0.1, 0.15) is 27.6 Å². The average Bonchev–Trinajstić information content (AvgIpc) is 2.56. The number of hydrogen-bond donors (Lipinski definition) is 2. The summed E-state index contributed by atoms with van der Waals surface area (Å²) in [5.41, 5.74) is 0.940. The molecule has 0 aromatic heterocycles. The Labute approximate surface area is 92.8 Å². The van der Waals surface area contributed by atoms with E-state index in [1.807, 2.05) is 0 Å². The molecule has 5 heteroatoms. The Morgan fingerprint density at radius 2 is 1.50 bits per heavy atom. The molecular formula is C11H12N2O3. The van der Waals surface area contributed by atoms with E-state index in [1.54, 1.807) is 31.3 Å². The van der Waals surface area contributed by atoms with Gasteiger partial charge in [0.15, 0.2) is 0 Å². The average molecular weight is 220 g/mol. The van der Waals surface area contributed by atoms with Gasteiger partial charge in [0, 0.05) is 14.0 Å². The molecule has 0 bridgehead atoms. The van der Waals surface area contributed by atoms with Crippen molar-refractivity contribution in [1.29, 1.82) is 0 Å². The highest BCUT2D eigenvalue weighted by Gasteiger charge is 2.25. The van der Waals surface area contributed by atoms with Crippen molar-refractivity contribution in [3.8, 4) is 0 Å². The number of carbonyl (C=O) groups excluding carboxylic acids is 3. The molecule has 0 aliphatic carbocycles. The third-order valence-electron chi connectivity index (χ3n) is 2.00. The second-order valence-corrected chi connectivity index (χ2v) is 3.14. The van der Waals surface area contributed by atoms with Crippen molar-refractivity contribution in [2.75, 3.05) is 7.05 Å². The van der Waals surface area contributed by atoms with E-state index in [1.165, 1.54) is 6.92 Å². The van der Waals surface area contributed by atoms with E-state index in [-0.39, 0.29) is 17.7 Å². The van der Waals surface area contributed by atoms with Gasteiger partial charge in [-0.1, -0.05) is 12.1 Å². The first-order valence-electron chi connectivity index (χ1n) is 4.69. The second-order valence-electron chi connectivity index (χ2n) is 3.14. The minimum Gasteiger partial charge on any atom is -0.359 e. The maximum absolute atomic E-state index is 10.9. The van der Waals surface area contributed by atoms with Crippen LogP contribution in [0.25, 0.3) is 0 Å². The molecule has 16 heavy (non-hydrogen) atoms. The highest BCUT2D eigenvalue weighted by Crippen LogP contribution is 2.13. The Hall–Kier alpha value is -2.17. The number of imide groups is 1. The normalized spacial score (nSPS) is 12.1. The van der Waals surface area contributed by atoms with Crippen LogP contribution in [-0.4, -0.2) is 24.8 Å². The predicted molar refractivity (Wildman–Crippen MR) is 58.0 cm³/mol. The lowest BCUT2D eigenvalue weighted by atomic mass is 10.1. The van der Waals surface area contributed by atoms with E-state index < -0.39 is 0 Å². The van der Waals surface area contributed by atoms with Crippen LogP contribution >= 0.6 is 0 Å². The summed E-state index contributed by atoms with van der Waals surface area (Å²) < 4.78 is 0. The van der Waals surface area contributed by atoms with Gasteiger partial charge in [0.25, 0.3) is 11.8 Å². The molecule has 1 aliphatic rings. The zero-order chi connectivity index (χ0) is 12.1. The number of amides is 3. The van der Waals surface area contributed by atoms with E-state index >= 15 is 0 Å². The van der Waals surface area contributed by atoms with Gasteiger partial charge in [-0.25, -0.2) is 0 Å². The minimum atomic E-state index is -0.300. The molecule has 1 heterocycles. The fourth-order valence-electron chi connectivity index (χ4n) is 1.12. The van der Waals surface area contributed by atoms with Crippen LogP contribution in [0.15, 0.2) is 24.3 Å². The molecular weight excluding hydrogens is 208 g/mol. The van der Waals surface area contributed by atoms with Crippen molar-refractivity contribution in [2.24, 2.45) is 0 Å². The molecule has 0 radical (unpaired) electrons. The van der Waals surface area contributed by atoms with Gasteiger partial charge in [-0.15, -0.1) is 0 Å². The van der Waals surface area contributed by atoms with Crippen molar-refractivity contribution in [2.45, 2.75) is 6.92 Å². The molecule has 1 aliphatic heterocycles. The number of benzene rings is 1. The summed E-state index contributed by atoms with van der Waals surface area (Å²) in [6, 6.07) is 6.74. The molecule has 2 rings (SSSR count). The fraction of sp³-hybridized carbons (Fsp3) is 0.182. The molecule has 84 valence electrons. The highest BCUT2D eigenvalue weighted by atomic mass is 16.2. The summed E-state index contributed by atoms with van der Waals surface area (Å²) in [6.45, 7) is 1.47. The lowest BCUT2D eigenvalue weighted by Gasteiger charge is -1.88. The maximum Gasteiger partial charge on any atom is 0.258 e. The van der Waals surface area contributed by atoms with Gasteiger partial charge in [0.2, 0.25) is 5.91 Å². The Balaban J connectivity index is 0.000000221. The third-order valence-corrected chi connectivity index (χ3v) is 2.00. The van der Waals surface area contributed by atoms with Crippen LogP contribution < -0.4 is 10.6 Å². The van der Waals surface area contributed by atoms with Gasteiger partial charge in [0.05, 0.1) is 11.1 Å². The topological polar surface area (TPSA) is 75.3 Å². The molecule has 2 N–H and O–H groups in total. The molecule has 0 saturated carbocycles. The standard InChI is InChI=1S/C8H5NO2.C3H7NO/c10-7-5-3-1-2-4-6(5)8(11)9-7;1-3(5)4-2/h1-4H,(H,9,10,11);1-2H3,(H,4,5). The zero-order valence-electron chi connectivity index (χ0n) is 9.03. The van der Waals surface area contributed by atoms with Crippen LogP contribution in [0.5, 0.6) is 0 Å². The van der Waals surface area contributed by atoms with Gasteiger partial charge in [-0.05, 0) is 12.1 Å². The molecule has 1 aromatic carbocycles. The number of carbonyl (C=O) groups is 3. The first-order valence-corrected chi connectivity index (χ1v) is 4.69.